The second-order valence-corrected chi connectivity index (χ2v) is 8.12. The lowest BCUT2D eigenvalue weighted by Crippen LogP contribution is -2.47. The van der Waals surface area contributed by atoms with Gasteiger partial charge in [0.15, 0.2) is 0 Å². The Morgan fingerprint density at radius 1 is 1.20 bits per heavy atom. The summed E-state index contributed by atoms with van der Waals surface area (Å²) in [7, 11) is 3.34. The van der Waals surface area contributed by atoms with Gasteiger partial charge in [-0.05, 0) is 38.5 Å². The predicted octanol–water partition coefficient (Wildman–Crippen LogP) is 1.96. The average Bonchev–Trinajstić information content (AvgIpc) is 2.72. The third-order valence-electron chi connectivity index (χ3n) is 5.74. The largest absolute Gasteiger partial charge is 0.497 e. The SMILES string of the molecule is COc1ccc(OC)c(CN2CCc3c(nc(N4C[C@@H](C)O[C@@H](C)C4)[nH]c3=O)C2)c1. The van der Waals surface area contributed by atoms with Crippen molar-refractivity contribution in [2.75, 3.05) is 38.8 Å². The van der Waals surface area contributed by atoms with Gasteiger partial charge >= 0.3 is 0 Å². The van der Waals surface area contributed by atoms with Gasteiger partial charge in [0.25, 0.3) is 5.56 Å². The van der Waals surface area contributed by atoms with Crippen molar-refractivity contribution in [2.24, 2.45) is 0 Å². The molecule has 4 rings (SSSR count). The first kappa shape index (κ1) is 20.7. The van der Waals surface area contributed by atoms with E-state index < -0.39 is 0 Å². The van der Waals surface area contributed by atoms with E-state index in [4.69, 9.17) is 19.2 Å². The molecule has 3 heterocycles. The zero-order valence-corrected chi connectivity index (χ0v) is 18.1. The number of morpholine rings is 1. The molecule has 1 fully saturated rings. The third-order valence-corrected chi connectivity index (χ3v) is 5.74. The number of aromatic amines is 1. The summed E-state index contributed by atoms with van der Waals surface area (Å²) in [5, 5.41) is 0. The molecule has 162 valence electrons. The quantitative estimate of drug-likeness (QED) is 0.801. The zero-order valence-electron chi connectivity index (χ0n) is 18.1. The van der Waals surface area contributed by atoms with Crippen LogP contribution in [0.4, 0.5) is 5.95 Å². The number of rotatable bonds is 5. The lowest BCUT2D eigenvalue weighted by atomic mass is 10.1. The smallest absolute Gasteiger partial charge is 0.255 e. The number of aromatic nitrogens is 2. The minimum atomic E-state index is -0.0274. The molecule has 0 radical (unpaired) electrons. The highest BCUT2D eigenvalue weighted by atomic mass is 16.5. The van der Waals surface area contributed by atoms with Crippen LogP contribution in [0.5, 0.6) is 11.5 Å². The number of fused-ring (bicyclic) bond motifs is 1. The predicted molar refractivity (Wildman–Crippen MR) is 114 cm³/mol. The average molecular weight is 415 g/mol. The second-order valence-electron chi connectivity index (χ2n) is 8.12. The Kier molecular flexibility index (Phi) is 5.97. The van der Waals surface area contributed by atoms with Gasteiger partial charge < -0.3 is 19.1 Å². The molecule has 1 saturated heterocycles. The Morgan fingerprint density at radius 3 is 2.67 bits per heavy atom. The maximum atomic E-state index is 12.7. The van der Waals surface area contributed by atoms with Crippen molar-refractivity contribution in [2.45, 2.75) is 45.6 Å². The van der Waals surface area contributed by atoms with Crippen molar-refractivity contribution < 1.29 is 14.2 Å². The topological polar surface area (TPSA) is 79.9 Å². The van der Waals surface area contributed by atoms with Gasteiger partial charge in [0.2, 0.25) is 5.95 Å². The van der Waals surface area contributed by atoms with E-state index in [-0.39, 0.29) is 17.8 Å². The van der Waals surface area contributed by atoms with Gasteiger partial charge in [-0.15, -0.1) is 0 Å². The number of nitrogens with one attached hydrogen (secondary N) is 1. The van der Waals surface area contributed by atoms with Crippen molar-refractivity contribution in [3.63, 3.8) is 0 Å². The maximum absolute atomic E-state index is 12.7. The normalized spacial score (nSPS) is 21.9. The lowest BCUT2D eigenvalue weighted by molar-refractivity contribution is -0.00576. The van der Waals surface area contributed by atoms with Crippen LogP contribution in [-0.2, 0) is 24.2 Å². The third kappa shape index (κ3) is 4.29. The molecular weight excluding hydrogens is 384 g/mol. The van der Waals surface area contributed by atoms with Gasteiger partial charge in [0.05, 0.1) is 32.1 Å². The van der Waals surface area contributed by atoms with E-state index in [1.165, 1.54) is 0 Å². The van der Waals surface area contributed by atoms with Gasteiger partial charge in [-0.3, -0.25) is 14.7 Å². The summed E-state index contributed by atoms with van der Waals surface area (Å²) in [6.45, 7) is 7.65. The highest BCUT2D eigenvalue weighted by Crippen LogP contribution is 2.27. The van der Waals surface area contributed by atoms with Crippen LogP contribution >= 0.6 is 0 Å². The molecule has 2 aromatic rings. The van der Waals surface area contributed by atoms with E-state index in [1.807, 2.05) is 32.0 Å². The first-order valence-electron chi connectivity index (χ1n) is 10.4. The molecule has 1 aromatic carbocycles. The zero-order chi connectivity index (χ0) is 21.3. The van der Waals surface area contributed by atoms with E-state index in [1.54, 1.807) is 14.2 Å². The number of nitrogens with zero attached hydrogens (tertiary/aromatic N) is 3. The molecule has 0 spiro atoms. The number of benzene rings is 1. The van der Waals surface area contributed by atoms with E-state index in [9.17, 15) is 4.79 Å². The van der Waals surface area contributed by atoms with Crippen molar-refractivity contribution in [1.29, 1.82) is 0 Å². The summed E-state index contributed by atoms with van der Waals surface area (Å²) < 4.78 is 16.7. The van der Waals surface area contributed by atoms with Crippen LogP contribution in [0.15, 0.2) is 23.0 Å². The number of anilines is 1. The fourth-order valence-corrected chi connectivity index (χ4v) is 4.36. The highest BCUT2D eigenvalue weighted by Gasteiger charge is 2.27. The Hall–Kier alpha value is -2.58. The van der Waals surface area contributed by atoms with E-state index in [2.05, 4.69) is 14.8 Å². The Labute approximate surface area is 176 Å². The molecule has 1 aromatic heterocycles. The molecule has 0 aliphatic carbocycles. The molecule has 2 aliphatic rings. The van der Waals surface area contributed by atoms with Gasteiger partial charge in [-0.25, -0.2) is 4.98 Å². The number of ether oxygens (including phenoxy) is 3. The maximum Gasteiger partial charge on any atom is 0.255 e. The van der Waals surface area contributed by atoms with E-state index in [0.29, 0.717) is 25.5 Å². The van der Waals surface area contributed by atoms with Crippen LogP contribution in [0.3, 0.4) is 0 Å². The van der Waals surface area contributed by atoms with Gasteiger partial charge in [0.1, 0.15) is 11.5 Å². The van der Waals surface area contributed by atoms with Crippen LogP contribution in [-0.4, -0.2) is 60.9 Å². The van der Waals surface area contributed by atoms with Gasteiger partial charge in [-0.2, -0.15) is 0 Å². The van der Waals surface area contributed by atoms with Crippen LogP contribution < -0.4 is 19.9 Å². The van der Waals surface area contributed by atoms with Crippen LogP contribution in [0.2, 0.25) is 0 Å². The first-order valence-corrected chi connectivity index (χ1v) is 10.4. The Balaban J connectivity index is 1.56. The molecule has 0 unspecified atom stereocenters. The van der Waals surface area contributed by atoms with E-state index >= 15 is 0 Å². The summed E-state index contributed by atoms with van der Waals surface area (Å²) in [4.78, 5) is 25.0. The molecule has 2 atom stereocenters. The molecule has 8 heteroatoms. The second kappa shape index (κ2) is 8.65. The summed E-state index contributed by atoms with van der Waals surface area (Å²) in [5.74, 6) is 2.27. The van der Waals surface area contributed by atoms with E-state index in [0.717, 1.165) is 48.0 Å². The monoisotopic (exact) mass is 414 g/mol. The first-order chi connectivity index (χ1) is 14.5. The minimum Gasteiger partial charge on any atom is -0.497 e. The van der Waals surface area contributed by atoms with Crippen molar-refractivity contribution in [3.8, 4) is 11.5 Å². The molecule has 30 heavy (non-hydrogen) atoms. The Bertz CT molecular complexity index is 951. The fourth-order valence-electron chi connectivity index (χ4n) is 4.36. The molecule has 0 saturated carbocycles. The minimum absolute atomic E-state index is 0.0274. The Morgan fingerprint density at radius 2 is 1.97 bits per heavy atom. The molecule has 8 nitrogen and oxygen atoms in total. The van der Waals surface area contributed by atoms with Crippen molar-refractivity contribution in [1.82, 2.24) is 14.9 Å². The number of H-pyrrole nitrogens is 1. The van der Waals surface area contributed by atoms with Gasteiger partial charge in [-0.1, -0.05) is 0 Å². The summed E-state index contributed by atoms with van der Waals surface area (Å²) in [6, 6.07) is 5.82. The molecule has 2 aliphatic heterocycles. The summed E-state index contributed by atoms with van der Waals surface area (Å²) >= 11 is 0. The standard InChI is InChI=1S/C22H30N4O4/c1-14-10-26(11-15(2)30-14)22-23-19-13-25(8-7-18(19)21(27)24-22)12-16-9-17(28-3)5-6-20(16)29-4/h5-6,9,14-15H,7-8,10-13H2,1-4H3,(H,23,24,27)/t14-,15+. The fraction of sp³-hybridized carbons (Fsp3) is 0.545. The molecule has 0 bridgehead atoms. The number of hydrogen-bond acceptors (Lipinski definition) is 7. The van der Waals surface area contributed by atoms with Crippen molar-refractivity contribution in [3.05, 3.63) is 45.4 Å². The van der Waals surface area contributed by atoms with Crippen molar-refractivity contribution >= 4 is 5.95 Å². The summed E-state index contributed by atoms with van der Waals surface area (Å²) in [6.07, 6.45) is 0.888. The lowest BCUT2D eigenvalue weighted by Gasteiger charge is -2.36. The molecule has 0 amide bonds. The summed E-state index contributed by atoms with van der Waals surface area (Å²) in [5.41, 5.74) is 2.68. The van der Waals surface area contributed by atoms with Crippen LogP contribution in [0.1, 0.15) is 30.7 Å². The molecule has 1 N–H and O–H groups in total. The number of methoxy groups -OCH3 is 2. The number of hydrogen-bond donors (Lipinski definition) is 1. The highest BCUT2D eigenvalue weighted by molar-refractivity contribution is 5.41. The van der Waals surface area contributed by atoms with Crippen LogP contribution in [0.25, 0.3) is 0 Å². The van der Waals surface area contributed by atoms with Crippen LogP contribution in [0, 0.1) is 0 Å². The van der Waals surface area contributed by atoms with Gasteiger partial charge in [0, 0.05) is 43.9 Å². The molecular formula is C22H30N4O4.